The van der Waals surface area contributed by atoms with Gasteiger partial charge in [-0.3, -0.25) is 5.10 Å². The van der Waals surface area contributed by atoms with Crippen LogP contribution >= 0.6 is 35.6 Å². The Morgan fingerprint density at radius 2 is 1.18 bits per heavy atom. The van der Waals surface area contributed by atoms with Crippen LogP contribution in [0.5, 0.6) is 0 Å². The zero-order chi connectivity index (χ0) is 35.7. The third-order valence-corrected chi connectivity index (χ3v) is 13.7. The first kappa shape index (κ1) is 47.7. The molecule has 0 bridgehead atoms. The second-order valence-electron chi connectivity index (χ2n) is 9.63. The Kier molecular flexibility index (Phi) is 27.6. The van der Waals surface area contributed by atoms with Crippen LogP contribution in [0.4, 0.5) is 0 Å². The minimum absolute atomic E-state index is 0. The molecular formula is C30H50ClN6NaO7S2Si2. The molecule has 2 heterocycles. The second-order valence-corrected chi connectivity index (χ2v) is 17.5. The second kappa shape index (κ2) is 28.3. The maximum Gasteiger partial charge on any atom is 1.00 e. The zero-order valence-corrected chi connectivity index (χ0v) is 36.0. The average molecular weight is 786 g/mol. The number of thioether (sulfide) groups is 1. The fraction of sp³-hybridized carbons (Fsp3) is 0.467. The molecular weight excluding hydrogens is 735 g/mol. The molecule has 4 N–H and O–H groups in total. The van der Waals surface area contributed by atoms with Gasteiger partial charge in [-0.25, -0.2) is 5.21 Å². The van der Waals surface area contributed by atoms with Gasteiger partial charge in [0.2, 0.25) is 0 Å². The van der Waals surface area contributed by atoms with Crippen LogP contribution in [0.1, 0.15) is 30.6 Å². The van der Waals surface area contributed by atoms with E-state index in [0.717, 1.165) is 41.3 Å². The summed E-state index contributed by atoms with van der Waals surface area (Å²) in [5.74, 6) is 1.42. The summed E-state index contributed by atoms with van der Waals surface area (Å²) in [6.07, 6.45) is 5.02. The van der Waals surface area contributed by atoms with Gasteiger partial charge < -0.3 is 33.1 Å². The topological polar surface area (TPSA) is 162 Å². The fourth-order valence-electron chi connectivity index (χ4n) is 3.93. The molecule has 0 aliphatic carbocycles. The molecule has 270 valence electrons. The van der Waals surface area contributed by atoms with Gasteiger partial charge in [0.1, 0.15) is 9.67 Å². The van der Waals surface area contributed by atoms with Crippen molar-refractivity contribution in [2.45, 2.75) is 48.5 Å². The van der Waals surface area contributed by atoms with Gasteiger partial charge in [0, 0.05) is 73.0 Å². The number of alkyl halides is 1. The third-order valence-electron chi connectivity index (χ3n) is 6.71. The number of nitrogens with one attached hydrogen (secondary N) is 3. The van der Waals surface area contributed by atoms with Gasteiger partial charge in [-0.1, -0.05) is 72.5 Å². The van der Waals surface area contributed by atoms with E-state index < -0.39 is 17.6 Å². The van der Waals surface area contributed by atoms with Crippen molar-refractivity contribution in [2.75, 3.05) is 49.3 Å². The number of benzene rings is 2. The first-order valence-electron chi connectivity index (χ1n) is 14.9. The summed E-state index contributed by atoms with van der Waals surface area (Å²) < 4.78 is 33.1. The van der Waals surface area contributed by atoms with Gasteiger partial charge in [-0.15, -0.1) is 16.7 Å². The van der Waals surface area contributed by atoms with Crippen molar-refractivity contribution in [1.82, 2.24) is 30.8 Å². The number of halogens is 1. The normalized spacial score (nSPS) is 10.8. The van der Waals surface area contributed by atoms with E-state index in [1.54, 1.807) is 67.5 Å². The molecule has 2 aromatic carbocycles. The van der Waals surface area contributed by atoms with E-state index in [4.69, 9.17) is 43.3 Å². The minimum atomic E-state index is -2.49. The van der Waals surface area contributed by atoms with Crippen LogP contribution in [-0.4, -0.2) is 103 Å². The smallest absolute Gasteiger partial charge is 1.00 e. The predicted octanol–water partition coefficient (Wildman–Crippen LogP) is 2.95. The number of aryl methyl sites for hydroxylation is 2. The SMILES string of the molecule is CCO.CO[Si](CCc1ccc(CCl)cc1)(OC)OC.CO[Si](CCc1ccc(CSc2cn[nH]n2)cc1)(OC)OC.S=c1cn[nH][nH]1.[H-].[Na+]. The number of hydrogen-bond donors (Lipinski definition) is 4. The van der Waals surface area contributed by atoms with Crippen LogP contribution in [0.2, 0.25) is 12.1 Å². The van der Waals surface area contributed by atoms with Crippen molar-refractivity contribution in [3.05, 3.63) is 87.8 Å². The summed E-state index contributed by atoms with van der Waals surface area (Å²) in [5.41, 5.74) is 4.87. The first-order valence-corrected chi connectivity index (χ1v) is 20.7. The molecule has 19 heteroatoms. The van der Waals surface area contributed by atoms with E-state index in [2.05, 4.69) is 79.4 Å². The Balaban J connectivity index is 0. The van der Waals surface area contributed by atoms with Crippen LogP contribution in [-0.2, 0) is 51.0 Å². The Morgan fingerprint density at radius 3 is 1.49 bits per heavy atom. The van der Waals surface area contributed by atoms with Crippen LogP contribution in [0.25, 0.3) is 0 Å². The maximum atomic E-state index is 7.57. The summed E-state index contributed by atoms with van der Waals surface area (Å²) in [4.78, 5) is 0. The molecule has 4 rings (SSSR count). The average Bonchev–Trinajstić information content (AvgIpc) is 3.85. The molecule has 13 nitrogen and oxygen atoms in total. The molecule has 0 saturated heterocycles. The van der Waals surface area contributed by atoms with Gasteiger partial charge in [-0.2, -0.15) is 15.4 Å². The number of H-pyrrole nitrogens is 3. The summed E-state index contributed by atoms with van der Waals surface area (Å²) in [6.45, 7) is 1.93. The molecule has 0 fully saturated rings. The number of nitrogens with zero attached hydrogens (tertiary/aromatic N) is 3. The summed E-state index contributed by atoms with van der Waals surface area (Å²) in [7, 11) is 4.89. The van der Waals surface area contributed by atoms with Crippen LogP contribution in [0.15, 0.2) is 66.0 Å². The Labute approximate surface area is 330 Å². The van der Waals surface area contributed by atoms with Crippen molar-refractivity contribution in [3.8, 4) is 0 Å². The fourth-order valence-corrected chi connectivity index (χ4v) is 8.36. The predicted molar refractivity (Wildman–Crippen MR) is 197 cm³/mol. The number of aliphatic hydroxyl groups excluding tert-OH is 1. The number of rotatable bonds is 16. The van der Waals surface area contributed by atoms with E-state index in [1.807, 2.05) is 12.1 Å². The van der Waals surface area contributed by atoms with Gasteiger partial charge in [0.25, 0.3) is 0 Å². The maximum absolute atomic E-state index is 7.57. The van der Waals surface area contributed by atoms with E-state index >= 15 is 0 Å². The molecule has 0 saturated carbocycles. The van der Waals surface area contributed by atoms with Crippen LogP contribution in [0.3, 0.4) is 0 Å². The molecule has 0 radical (unpaired) electrons. The van der Waals surface area contributed by atoms with Crippen LogP contribution in [0, 0.1) is 4.64 Å². The molecule has 0 unspecified atom stereocenters. The van der Waals surface area contributed by atoms with Gasteiger partial charge in [0.15, 0.2) is 0 Å². The zero-order valence-electron chi connectivity index (χ0n) is 30.7. The Bertz CT molecular complexity index is 1360. The molecule has 0 amide bonds. The summed E-state index contributed by atoms with van der Waals surface area (Å²) in [6, 6.07) is 18.3. The molecule has 4 aromatic rings. The number of aliphatic hydroxyl groups is 1. The first-order chi connectivity index (χ1) is 23.2. The molecule has 0 spiro atoms. The van der Waals surface area contributed by atoms with Gasteiger partial charge in [0.05, 0.1) is 12.4 Å². The number of hydrogen-bond acceptors (Lipinski definition) is 12. The third kappa shape index (κ3) is 19.2. The molecule has 0 aliphatic rings. The van der Waals surface area contributed by atoms with Gasteiger partial charge in [-0.05, 0) is 42.0 Å². The molecule has 49 heavy (non-hydrogen) atoms. The van der Waals surface area contributed by atoms with E-state index in [9.17, 15) is 0 Å². The van der Waals surface area contributed by atoms with Crippen molar-refractivity contribution in [1.29, 1.82) is 0 Å². The standard InChI is InChI=1S/C14H21N3O3SSi.C12H19ClO3Si.C2H3N3S.C2H6O.Na.H/c1-18-22(19-2,20-3)9-8-12-4-6-13(7-5-12)11-21-14-10-15-17-16-14;1-14-17(15-2,16-3)9-8-11-4-6-12(10-13)7-5-11;6-2-1-3-5-4-2;1-2-3;;/h4-7,10H,8-9,11H2,1-3H3,(H,15,16,17);4-7H,8-10H2,1-3H3;1H,(H2,3,4,5,6);3H,2H2,1H3;;/q;;;;+1;-1. The van der Waals surface area contributed by atoms with E-state index in [1.165, 1.54) is 22.9 Å². The largest absolute Gasteiger partial charge is 1.00 e. The van der Waals surface area contributed by atoms with Gasteiger partial charge >= 0.3 is 47.2 Å². The number of aromatic amines is 3. The van der Waals surface area contributed by atoms with Crippen molar-refractivity contribution >= 4 is 53.2 Å². The van der Waals surface area contributed by atoms with Crippen LogP contribution < -0.4 is 29.6 Å². The number of aromatic nitrogens is 6. The summed E-state index contributed by atoms with van der Waals surface area (Å²) >= 11 is 12.0. The van der Waals surface area contributed by atoms with E-state index in [-0.39, 0.29) is 37.6 Å². The Morgan fingerprint density at radius 1 is 0.755 bits per heavy atom. The van der Waals surface area contributed by atoms with Crippen molar-refractivity contribution < 1.29 is 62.6 Å². The molecule has 2 aromatic heterocycles. The molecule has 0 atom stereocenters. The minimum Gasteiger partial charge on any atom is -1.00 e. The van der Waals surface area contributed by atoms with Crippen molar-refractivity contribution in [2.24, 2.45) is 0 Å². The Hall–Kier alpha value is -1.27. The monoisotopic (exact) mass is 784 g/mol. The summed E-state index contributed by atoms with van der Waals surface area (Å²) in [5, 5.41) is 27.5. The quantitative estimate of drug-likeness (QED) is 0.0570. The molecule has 0 aliphatic heterocycles. The van der Waals surface area contributed by atoms with E-state index in [0.29, 0.717) is 10.5 Å². The van der Waals surface area contributed by atoms with Crippen molar-refractivity contribution in [3.63, 3.8) is 0 Å².